The molecule has 0 unspecified atom stereocenters. The molecule has 0 aliphatic carbocycles. The summed E-state index contributed by atoms with van der Waals surface area (Å²) in [4.78, 5) is 22.4. The number of halogens is 1. The van der Waals surface area contributed by atoms with Gasteiger partial charge in [-0.3, -0.25) is 4.79 Å². The summed E-state index contributed by atoms with van der Waals surface area (Å²) in [7, 11) is 0. The average molecular weight is 315 g/mol. The Hall–Kier alpha value is -2.17. The number of rotatable bonds is 3. The van der Waals surface area contributed by atoms with Crippen LogP contribution in [-0.4, -0.2) is 33.9 Å². The van der Waals surface area contributed by atoms with Crippen molar-refractivity contribution in [3.05, 3.63) is 53.4 Å². The van der Waals surface area contributed by atoms with Gasteiger partial charge in [0.2, 0.25) is 5.91 Å². The maximum Gasteiger partial charge on any atom is 0.232 e. The molecule has 1 aliphatic rings. The second-order valence-corrected chi connectivity index (χ2v) is 6.82. The molecule has 122 valence electrons. The molecule has 1 aliphatic heterocycles. The summed E-state index contributed by atoms with van der Waals surface area (Å²) in [5.74, 6) is 0.917. The molecule has 1 aromatic carbocycles. The lowest BCUT2D eigenvalue weighted by Crippen LogP contribution is -2.42. The van der Waals surface area contributed by atoms with Crippen LogP contribution in [0.15, 0.2) is 30.5 Å². The van der Waals surface area contributed by atoms with Gasteiger partial charge in [-0.2, -0.15) is 0 Å². The standard InChI is InChI=1S/C18H22FN3O/c1-12-10-20-16(21-12)13-7-8-22(11-13)17(23)18(2,3)14-5-4-6-15(19)9-14/h4-6,9-10,13H,7-8,11H2,1-3H3,(H,20,21)/t13-/m0/s1. The minimum Gasteiger partial charge on any atom is -0.346 e. The first-order chi connectivity index (χ1) is 10.9. The summed E-state index contributed by atoms with van der Waals surface area (Å²) >= 11 is 0. The average Bonchev–Trinajstić information content (AvgIpc) is 3.15. The molecule has 2 heterocycles. The van der Waals surface area contributed by atoms with Crippen molar-refractivity contribution in [2.24, 2.45) is 0 Å². The summed E-state index contributed by atoms with van der Waals surface area (Å²) in [6.45, 7) is 7.05. The highest BCUT2D eigenvalue weighted by Crippen LogP contribution is 2.31. The number of hydrogen-bond acceptors (Lipinski definition) is 2. The molecule has 23 heavy (non-hydrogen) atoms. The molecule has 2 aromatic rings. The van der Waals surface area contributed by atoms with Crippen molar-refractivity contribution in [2.75, 3.05) is 13.1 Å². The van der Waals surface area contributed by atoms with Gasteiger partial charge in [-0.1, -0.05) is 12.1 Å². The van der Waals surface area contributed by atoms with Gasteiger partial charge in [-0.05, 0) is 44.9 Å². The lowest BCUT2D eigenvalue weighted by Gasteiger charge is -2.29. The van der Waals surface area contributed by atoms with E-state index < -0.39 is 5.41 Å². The first kappa shape index (κ1) is 15.7. The van der Waals surface area contributed by atoms with Gasteiger partial charge in [0.25, 0.3) is 0 Å². The van der Waals surface area contributed by atoms with Crippen LogP contribution >= 0.6 is 0 Å². The number of aryl methyl sites for hydroxylation is 1. The van der Waals surface area contributed by atoms with E-state index in [0.717, 1.165) is 17.9 Å². The predicted molar refractivity (Wildman–Crippen MR) is 86.7 cm³/mol. The van der Waals surface area contributed by atoms with Crippen molar-refractivity contribution in [1.29, 1.82) is 0 Å². The number of carbonyl (C=O) groups excluding carboxylic acids is 1. The van der Waals surface area contributed by atoms with E-state index in [2.05, 4.69) is 9.97 Å². The highest BCUT2D eigenvalue weighted by molar-refractivity contribution is 5.87. The van der Waals surface area contributed by atoms with E-state index in [1.165, 1.54) is 12.1 Å². The van der Waals surface area contributed by atoms with E-state index in [4.69, 9.17) is 0 Å². The maximum absolute atomic E-state index is 13.5. The van der Waals surface area contributed by atoms with E-state index in [9.17, 15) is 9.18 Å². The summed E-state index contributed by atoms with van der Waals surface area (Å²) < 4.78 is 13.5. The Bertz CT molecular complexity index is 723. The minimum atomic E-state index is -0.740. The number of amides is 1. The third-order valence-corrected chi connectivity index (χ3v) is 4.67. The molecular weight excluding hydrogens is 293 g/mol. The van der Waals surface area contributed by atoms with Gasteiger partial charge in [0.1, 0.15) is 11.6 Å². The van der Waals surface area contributed by atoms with Crippen LogP contribution in [0.5, 0.6) is 0 Å². The molecule has 1 fully saturated rings. The van der Waals surface area contributed by atoms with Crippen molar-refractivity contribution in [3.8, 4) is 0 Å². The Morgan fingerprint density at radius 3 is 2.87 bits per heavy atom. The Kier molecular flexibility index (Phi) is 3.96. The fourth-order valence-electron chi connectivity index (χ4n) is 3.20. The van der Waals surface area contributed by atoms with Gasteiger partial charge in [-0.25, -0.2) is 9.37 Å². The smallest absolute Gasteiger partial charge is 0.232 e. The third kappa shape index (κ3) is 3.00. The molecule has 5 heteroatoms. The lowest BCUT2D eigenvalue weighted by atomic mass is 9.83. The Labute approximate surface area is 135 Å². The summed E-state index contributed by atoms with van der Waals surface area (Å²) in [6.07, 6.45) is 2.72. The van der Waals surface area contributed by atoms with E-state index in [1.54, 1.807) is 6.07 Å². The van der Waals surface area contributed by atoms with Crippen LogP contribution in [0.3, 0.4) is 0 Å². The highest BCUT2D eigenvalue weighted by atomic mass is 19.1. The first-order valence-electron chi connectivity index (χ1n) is 7.95. The van der Waals surface area contributed by atoms with Crippen LogP contribution in [0.4, 0.5) is 4.39 Å². The van der Waals surface area contributed by atoms with E-state index in [0.29, 0.717) is 18.7 Å². The Morgan fingerprint density at radius 2 is 2.22 bits per heavy atom. The molecule has 0 bridgehead atoms. The number of carbonyl (C=O) groups is 1. The number of likely N-dealkylation sites (tertiary alicyclic amines) is 1. The number of benzene rings is 1. The zero-order valence-electron chi connectivity index (χ0n) is 13.8. The normalized spacial score (nSPS) is 18.4. The summed E-state index contributed by atoms with van der Waals surface area (Å²) in [5.41, 5.74) is 1.00. The predicted octanol–water partition coefficient (Wildman–Crippen LogP) is 3.15. The number of aromatic nitrogens is 2. The summed E-state index contributed by atoms with van der Waals surface area (Å²) in [6, 6.07) is 6.30. The molecule has 0 spiro atoms. The molecule has 3 rings (SSSR count). The van der Waals surface area contributed by atoms with Gasteiger partial charge in [0.05, 0.1) is 5.41 Å². The van der Waals surface area contributed by atoms with Crippen LogP contribution < -0.4 is 0 Å². The maximum atomic E-state index is 13.5. The molecule has 0 radical (unpaired) electrons. The molecule has 4 nitrogen and oxygen atoms in total. The minimum absolute atomic E-state index is 0.0360. The van der Waals surface area contributed by atoms with Crippen LogP contribution in [0.1, 0.15) is 43.3 Å². The molecule has 1 atom stereocenters. The van der Waals surface area contributed by atoms with Crippen molar-refractivity contribution in [1.82, 2.24) is 14.9 Å². The zero-order valence-corrected chi connectivity index (χ0v) is 13.8. The van der Waals surface area contributed by atoms with Crippen molar-refractivity contribution in [3.63, 3.8) is 0 Å². The van der Waals surface area contributed by atoms with Gasteiger partial charge in [0, 0.05) is 30.9 Å². The number of nitrogens with zero attached hydrogens (tertiary/aromatic N) is 2. The lowest BCUT2D eigenvalue weighted by molar-refractivity contribution is -0.135. The molecule has 1 amide bonds. The monoisotopic (exact) mass is 315 g/mol. The van der Waals surface area contributed by atoms with Crippen LogP contribution in [-0.2, 0) is 10.2 Å². The quantitative estimate of drug-likeness (QED) is 0.946. The van der Waals surface area contributed by atoms with Crippen molar-refractivity contribution >= 4 is 5.91 Å². The van der Waals surface area contributed by atoms with E-state index in [1.807, 2.05) is 37.9 Å². The molecule has 1 aromatic heterocycles. The molecule has 1 N–H and O–H groups in total. The van der Waals surface area contributed by atoms with Crippen LogP contribution in [0, 0.1) is 12.7 Å². The Balaban J connectivity index is 1.75. The number of hydrogen-bond donors (Lipinski definition) is 1. The van der Waals surface area contributed by atoms with Crippen LogP contribution in [0.2, 0.25) is 0 Å². The number of H-pyrrole nitrogens is 1. The van der Waals surface area contributed by atoms with Crippen molar-refractivity contribution < 1.29 is 9.18 Å². The van der Waals surface area contributed by atoms with Gasteiger partial charge < -0.3 is 9.88 Å². The summed E-state index contributed by atoms with van der Waals surface area (Å²) in [5, 5.41) is 0. The number of nitrogens with one attached hydrogen (secondary N) is 1. The highest BCUT2D eigenvalue weighted by Gasteiger charge is 2.38. The second-order valence-electron chi connectivity index (χ2n) is 6.82. The molecular formula is C18H22FN3O. The third-order valence-electron chi connectivity index (χ3n) is 4.67. The Morgan fingerprint density at radius 1 is 1.43 bits per heavy atom. The van der Waals surface area contributed by atoms with Gasteiger partial charge >= 0.3 is 0 Å². The number of imidazole rings is 1. The topological polar surface area (TPSA) is 49.0 Å². The second kappa shape index (κ2) is 5.80. The van der Waals surface area contributed by atoms with E-state index in [-0.39, 0.29) is 17.6 Å². The zero-order chi connectivity index (χ0) is 16.6. The van der Waals surface area contributed by atoms with Crippen molar-refractivity contribution in [2.45, 2.75) is 38.5 Å². The molecule has 1 saturated heterocycles. The SMILES string of the molecule is Cc1cnc([C@H]2CCN(C(=O)C(C)(C)c3cccc(F)c3)C2)[nH]1. The van der Waals surface area contributed by atoms with Crippen LogP contribution in [0.25, 0.3) is 0 Å². The fourth-order valence-corrected chi connectivity index (χ4v) is 3.20. The fraction of sp³-hybridized carbons (Fsp3) is 0.444. The molecule has 0 saturated carbocycles. The number of aromatic amines is 1. The van der Waals surface area contributed by atoms with Gasteiger partial charge in [-0.15, -0.1) is 0 Å². The van der Waals surface area contributed by atoms with Gasteiger partial charge in [0.15, 0.2) is 0 Å². The van der Waals surface area contributed by atoms with E-state index >= 15 is 0 Å². The first-order valence-corrected chi connectivity index (χ1v) is 7.95. The largest absolute Gasteiger partial charge is 0.346 e.